The molecule has 0 aliphatic carbocycles. The van der Waals surface area contributed by atoms with Gasteiger partial charge in [0.1, 0.15) is 5.75 Å². The molecule has 0 aliphatic rings. The summed E-state index contributed by atoms with van der Waals surface area (Å²) in [6, 6.07) is 15.7. The summed E-state index contributed by atoms with van der Waals surface area (Å²) in [5.41, 5.74) is 6.88. The molecule has 0 radical (unpaired) electrons. The van der Waals surface area contributed by atoms with Gasteiger partial charge in [-0.05, 0) is 32.0 Å². The summed E-state index contributed by atoms with van der Waals surface area (Å²) in [5.74, 6) is 0.365. The highest BCUT2D eigenvalue weighted by Gasteiger charge is 2.09. The van der Waals surface area contributed by atoms with Crippen molar-refractivity contribution in [3.8, 4) is 5.75 Å². The molecule has 128 valence electrons. The molecule has 0 fully saturated rings. The van der Waals surface area contributed by atoms with Crippen LogP contribution in [-0.4, -0.2) is 23.3 Å². The summed E-state index contributed by atoms with van der Waals surface area (Å²) in [5, 5.41) is 5.18. The standard InChI is InChI=1S/C20H21N3O2/c1-14-8-10-16(11-9-14)25-13-20(24)22-21-12-18-15(2)23(3)19-7-5-4-6-17(18)19/h4-12H,13H2,1-3H3,(H,22,24). The second-order valence-corrected chi connectivity index (χ2v) is 5.97. The lowest BCUT2D eigenvalue weighted by atomic mass is 10.1. The molecule has 1 N–H and O–H groups in total. The van der Waals surface area contributed by atoms with Crippen molar-refractivity contribution in [2.75, 3.05) is 6.61 Å². The molecular weight excluding hydrogens is 314 g/mol. The summed E-state index contributed by atoms with van der Waals surface area (Å²) in [6.07, 6.45) is 1.68. The lowest BCUT2D eigenvalue weighted by Crippen LogP contribution is -2.24. The average Bonchev–Trinajstić information content (AvgIpc) is 2.86. The fourth-order valence-electron chi connectivity index (χ4n) is 2.70. The number of fused-ring (bicyclic) bond motifs is 1. The van der Waals surface area contributed by atoms with Crippen molar-refractivity contribution in [3.63, 3.8) is 0 Å². The van der Waals surface area contributed by atoms with Gasteiger partial charge < -0.3 is 9.30 Å². The first-order valence-corrected chi connectivity index (χ1v) is 8.11. The first-order chi connectivity index (χ1) is 12.1. The normalized spacial score (nSPS) is 11.2. The smallest absolute Gasteiger partial charge is 0.277 e. The maximum absolute atomic E-state index is 11.9. The molecule has 3 aromatic rings. The molecule has 25 heavy (non-hydrogen) atoms. The second-order valence-electron chi connectivity index (χ2n) is 5.97. The Bertz CT molecular complexity index is 924. The van der Waals surface area contributed by atoms with Gasteiger partial charge in [-0.1, -0.05) is 35.9 Å². The van der Waals surface area contributed by atoms with E-state index in [0.29, 0.717) is 5.75 Å². The van der Waals surface area contributed by atoms with E-state index in [0.717, 1.165) is 27.7 Å². The summed E-state index contributed by atoms with van der Waals surface area (Å²) in [4.78, 5) is 11.9. The summed E-state index contributed by atoms with van der Waals surface area (Å²) >= 11 is 0. The van der Waals surface area contributed by atoms with Gasteiger partial charge >= 0.3 is 0 Å². The van der Waals surface area contributed by atoms with Crippen LogP contribution in [0, 0.1) is 13.8 Å². The Morgan fingerprint density at radius 1 is 1.16 bits per heavy atom. The largest absolute Gasteiger partial charge is 0.484 e. The molecule has 5 nitrogen and oxygen atoms in total. The Morgan fingerprint density at radius 3 is 2.64 bits per heavy atom. The van der Waals surface area contributed by atoms with Crippen LogP contribution < -0.4 is 10.2 Å². The van der Waals surface area contributed by atoms with Crippen molar-refractivity contribution in [2.45, 2.75) is 13.8 Å². The van der Waals surface area contributed by atoms with Gasteiger partial charge in [-0.2, -0.15) is 5.10 Å². The predicted octanol–water partition coefficient (Wildman–Crippen LogP) is 3.32. The first kappa shape index (κ1) is 16.8. The van der Waals surface area contributed by atoms with Crippen molar-refractivity contribution < 1.29 is 9.53 Å². The van der Waals surface area contributed by atoms with Gasteiger partial charge in [-0.15, -0.1) is 0 Å². The molecule has 0 bridgehead atoms. The van der Waals surface area contributed by atoms with Gasteiger partial charge in [0.05, 0.1) is 6.21 Å². The molecule has 1 amide bonds. The Hall–Kier alpha value is -3.08. The van der Waals surface area contributed by atoms with Gasteiger partial charge in [0.25, 0.3) is 5.91 Å². The number of amides is 1. The second kappa shape index (κ2) is 7.21. The maximum Gasteiger partial charge on any atom is 0.277 e. The zero-order valence-electron chi connectivity index (χ0n) is 14.6. The van der Waals surface area contributed by atoms with Crippen LogP contribution in [0.4, 0.5) is 0 Å². The number of hydrazone groups is 1. The van der Waals surface area contributed by atoms with Crippen molar-refractivity contribution in [2.24, 2.45) is 12.1 Å². The molecular formula is C20H21N3O2. The van der Waals surface area contributed by atoms with E-state index in [1.165, 1.54) is 0 Å². The van der Waals surface area contributed by atoms with Crippen molar-refractivity contribution in [1.29, 1.82) is 0 Å². The van der Waals surface area contributed by atoms with Gasteiger partial charge in [0.2, 0.25) is 0 Å². The number of nitrogens with zero attached hydrogens (tertiary/aromatic N) is 2. The van der Waals surface area contributed by atoms with Gasteiger partial charge in [-0.3, -0.25) is 4.79 Å². The van der Waals surface area contributed by atoms with E-state index in [2.05, 4.69) is 21.2 Å². The number of hydrogen-bond donors (Lipinski definition) is 1. The Kier molecular flexibility index (Phi) is 4.84. The third-order valence-corrected chi connectivity index (χ3v) is 4.22. The molecule has 1 heterocycles. The minimum absolute atomic E-state index is 0.0745. The van der Waals surface area contributed by atoms with Crippen LogP contribution in [0.15, 0.2) is 53.6 Å². The summed E-state index contributed by atoms with van der Waals surface area (Å²) in [7, 11) is 2.02. The lowest BCUT2D eigenvalue weighted by molar-refractivity contribution is -0.123. The molecule has 1 aromatic heterocycles. The Morgan fingerprint density at radius 2 is 1.88 bits per heavy atom. The number of carbonyl (C=O) groups is 1. The van der Waals surface area contributed by atoms with Crippen LogP contribution in [0.1, 0.15) is 16.8 Å². The van der Waals surface area contributed by atoms with E-state index in [1.807, 2.05) is 63.4 Å². The summed E-state index contributed by atoms with van der Waals surface area (Å²) < 4.78 is 7.54. The number of carbonyl (C=O) groups excluding carboxylic acids is 1. The molecule has 0 aliphatic heterocycles. The molecule has 0 spiro atoms. The lowest BCUT2D eigenvalue weighted by Gasteiger charge is -2.05. The van der Waals surface area contributed by atoms with E-state index >= 15 is 0 Å². The van der Waals surface area contributed by atoms with Crippen molar-refractivity contribution in [1.82, 2.24) is 9.99 Å². The van der Waals surface area contributed by atoms with Gasteiger partial charge in [-0.25, -0.2) is 5.43 Å². The fraction of sp³-hybridized carbons (Fsp3) is 0.200. The average molecular weight is 335 g/mol. The molecule has 0 atom stereocenters. The molecule has 2 aromatic carbocycles. The quantitative estimate of drug-likeness (QED) is 0.574. The minimum Gasteiger partial charge on any atom is -0.484 e. The predicted molar refractivity (Wildman–Crippen MR) is 100 cm³/mol. The van der Waals surface area contributed by atoms with Crippen LogP contribution in [0.25, 0.3) is 10.9 Å². The van der Waals surface area contributed by atoms with E-state index in [4.69, 9.17) is 4.74 Å². The fourth-order valence-corrected chi connectivity index (χ4v) is 2.70. The number of ether oxygens (including phenoxy) is 1. The van der Waals surface area contributed by atoms with Crippen LogP contribution >= 0.6 is 0 Å². The van der Waals surface area contributed by atoms with Crippen LogP contribution in [0.2, 0.25) is 0 Å². The minimum atomic E-state index is -0.297. The molecule has 5 heteroatoms. The van der Waals surface area contributed by atoms with E-state index in [1.54, 1.807) is 6.21 Å². The van der Waals surface area contributed by atoms with Crippen molar-refractivity contribution in [3.05, 3.63) is 65.4 Å². The van der Waals surface area contributed by atoms with E-state index < -0.39 is 0 Å². The SMILES string of the molecule is Cc1ccc(OCC(=O)NN=Cc2c(C)n(C)c3ccccc23)cc1. The number of rotatable bonds is 5. The monoisotopic (exact) mass is 335 g/mol. The third-order valence-electron chi connectivity index (χ3n) is 4.22. The molecule has 0 saturated heterocycles. The first-order valence-electron chi connectivity index (χ1n) is 8.11. The molecule has 3 rings (SSSR count). The van der Waals surface area contributed by atoms with Gasteiger partial charge in [0, 0.05) is 29.2 Å². The molecule has 0 unspecified atom stereocenters. The van der Waals surface area contributed by atoms with Crippen molar-refractivity contribution >= 4 is 23.0 Å². The van der Waals surface area contributed by atoms with Gasteiger partial charge in [0.15, 0.2) is 6.61 Å². The highest BCUT2D eigenvalue weighted by molar-refractivity contribution is 6.01. The number of benzene rings is 2. The zero-order chi connectivity index (χ0) is 17.8. The number of aromatic nitrogens is 1. The molecule has 0 saturated carbocycles. The van der Waals surface area contributed by atoms with E-state index in [-0.39, 0.29) is 12.5 Å². The topological polar surface area (TPSA) is 55.6 Å². The number of aryl methyl sites for hydroxylation is 2. The maximum atomic E-state index is 11.9. The number of hydrogen-bond acceptors (Lipinski definition) is 3. The number of nitrogens with one attached hydrogen (secondary N) is 1. The van der Waals surface area contributed by atoms with Crippen LogP contribution in [0.5, 0.6) is 5.75 Å². The highest BCUT2D eigenvalue weighted by Crippen LogP contribution is 2.22. The third kappa shape index (κ3) is 3.71. The highest BCUT2D eigenvalue weighted by atomic mass is 16.5. The van der Waals surface area contributed by atoms with E-state index in [9.17, 15) is 4.79 Å². The Balaban J connectivity index is 1.62. The number of para-hydroxylation sites is 1. The summed E-state index contributed by atoms with van der Waals surface area (Å²) in [6.45, 7) is 3.96. The van der Waals surface area contributed by atoms with Crippen LogP contribution in [0.3, 0.4) is 0 Å². The zero-order valence-corrected chi connectivity index (χ0v) is 14.6. The van der Waals surface area contributed by atoms with Crippen LogP contribution in [-0.2, 0) is 11.8 Å². The Labute approximate surface area is 146 Å².